The molecule has 0 unspecified atom stereocenters. The van der Waals surface area contributed by atoms with Crippen LogP contribution in [0.3, 0.4) is 0 Å². The predicted octanol–water partition coefficient (Wildman–Crippen LogP) is 2.46. The van der Waals surface area contributed by atoms with Gasteiger partial charge in [0.25, 0.3) is 5.91 Å². The molecule has 0 saturated carbocycles. The van der Waals surface area contributed by atoms with Gasteiger partial charge in [0.1, 0.15) is 5.75 Å². The van der Waals surface area contributed by atoms with Gasteiger partial charge in [0.05, 0.1) is 6.61 Å². The molecule has 1 aliphatic heterocycles. The van der Waals surface area contributed by atoms with Crippen LogP contribution in [0.2, 0.25) is 5.02 Å². The lowest BCUT2D eigenvalue weighted by atomic mass is 10.1. The van der Waals surface area contributed by atoms with E-state index in [1.54, 1.807) is 12.1 Å². The second-order valence-corrected chi connectivity index (χ2v) is 5.76. The van der Waals surface area contributed by atoms with Crippen molar-refractivity contribution in [1.29, 1.82) is 0 Å². The van der Waals surface area contributed by atoms with E-state index in [4.69, 9.17) is 16.3 Å². The van der Waals surface area contributed by atoms with Crippen molar-refractivity contribution in [2.45, 2.75) is 26.4 Å². The number of hydrogen-bond donors (Lipinski definition) is 3. The number of ether oxygens (including phenoxy) is 1. The average molecular weight is 371 g/mol. The molecule has 1 aromatic carbocycles. The largest absolute Gasteiger partial charge is 0.493 e. The molecule has 1 aliphatic rings. The molecule has 3 N–H and O–H groups in total. The summed E-state index contributed by atoms with van der Waals surface area (Å²) in [6.07, 6.45) is 0.862. The van der Waals surface area contributed by atoms with E-state index in [9.17, 15) is 4.79 Å². The monoisotopic (exact) mass is 370 g/mol. The third-order valence-electron chi connectivity index (χ3n) is 3.79. The molecule has 0 spiro atoms. The van der Waals surface area contributed by atoms with E-state index in [-0.39, 0.29) is 18.3 Å². The summed E-state index contributed by atoms with van der Waals surface area (Å²) in [7, 11) is 0. The lowest BCUT2D eigenvalue weighted by Gasteiger charge is -2.14. The Kier molecular flexibility index (Phi) is 6.48. The van der Waals surface area contributed by atoms with Gasteiger partial charge in [-0.2, -0.15) is 5.10 Å². The zero-order valence-electron chi connectivity index (χ0n) is 13.3. The highest BCUT2D eigenvalue weighted by Gasteiger charge is 2.21. The fraction of sp³-hybridized carbons (Fsp3) is 0.375. The maximum Gasteiger partial charge on any atom is 0.272 e. The Morgan fingerprint density at radius 1 is 1.46 bits per heavy atom. The molecule has 8 heteroatoms. The molecule has 0 bridgehead atoms. The summed E-state index contributed by atoms with van der Waals surface area (Å²) >= 11 is 5.99. The first-order chi connectivity index (χ1) is 11.2. The SMILES string of the molecule is CCOc1cc(Cl)ccc1CNC(=O)c1n[nH]c2c1CNCC2.Cl. The summed E-state index contributed by atoms with van der Waals surface area (Å²) in [6.45, 7) is 4.38. The van der Waals surface area contributed by atoms with Crippen LogP contribution in [-0.4, -0.2) is 29.3 Å². The average Bonchev–Trinajstić information content (AvgIpc) is 2.98. The zero-order chi connectivity index (χ0) is 16.2. The molecular weight excluding hydrogens is 351 g/mol. The maximum absolute atomic E-state index is 12.4. The van der Waals surface area contributed by atoms with Gasteiger partial charge >= 0.3 is 0 Å². The molecule has 3 rings (SSSR count). The molecule has 0 fully saturated rings. The summed E-state index contributed by atoms with van der Waals surface area (Å²) < 4.78 is 5.56. The zero-order valence-corrected chi connectivity index (χ0v) is 14.9. The van der Waals surface area contributed by atoms with Crippen LogP contribution in [0.25, 0.3) is 0 Å². The molecule has 24 heavy (non-hydrogen) atoms. The molecule has 0 atom stereocenters. The fourth-order valence-corrected chi connectivity index (χ4v) is 2.80. The number of nitrogens with zero attached hydrogens (tertiary/aromatic N) is 1. The van der Waals surface area contributed by atoms with Crippen LogP contribution in [0.15, 0.2) is 18.2 Å². The maximum atomic E-state index is 12.4. The van der Waals surface area contributed by atoms with Crippen LogP contribution in [0.4, 0.5) is 0 Å². The highest BCUT2D eigenvalue weighted by Crippen LogP contribution is 2.23. The number of carbonyl (C=O) groups excluding carboxylic acids is 1. The molecule has 1 amide bonds. The Labute approximate surface area is 151 Å². The van der Waals surface area contributed by atoms with Crippen LogP contribution in [0.5, 0.6) is 5.75 Å². The van der Waals surface area contributed by atoms with Crippen molar-refractivity contribution in [3.8, 4) is 5.75 Å². The van der Waals surface area contributed by atoms with Crippen molar-refractivity contribution < 1.29 is 9.53 Å². The number of carbonyl (C=O) groups is 1. The van der Waals surface area contributed by atoms with Crippen molar-refractivity contribution in [2.24, 2.45) is 0 Å². The van der Waals surface area contributed by atoms with Crippen LogP contribution < -0.4 is 15.4 Å². The van der Waals surface area contributed by atoms with E-state index >= 15 is 0 Å². The van der Waals surface area contributed by atoms with E-state index < -0.39 is 0 Å². The number of benzene rings is 1. The molecule has 2 aromatic rings. The molecule has 1 aromatic heterocycles. The third-order valence-corrected chi connectivity index (χ3v) is 4.02. The summed E-state index contributed by atoms with van der Waals surface area (Å²) in [6, 6.07) is 5.40. The van der Waals surface area contributed by atoms with Crippen molar-refractivity contribution in [3.63, 3.8) is 0 Å². The van der Waals surface area contributed by atoms with Gasteiger partial charge in [-0.05, 0) is 19.1 Å². The van der Waals surface area contributed by atoms with Gasteiger partial charge in [0, 0.05) is 47.9 Å². The van der Waals surface area contributed by atoms with Gasteiger partial charge in [-0.3, -0.25) is 9.89 Å². The Hall–Kier alpha value is -1.76. The minimum Gasteiger partial charge on any atom is -0.493 e. The number of aromatic nitrogens is 2. The number of rotatable bonds is 5. The Morgan fingerprint density at radius 2 is 2.29 bits per heavy atom. The lowest BCUT2D eigenvalue weighted by molar-refractivity contribution is 0.0944. The lowest BCUT2D eigenvalue weighted by Crippen LogP contribution is -2.28. The predicted molar refractivity (Wildman–Crippen MR) is 95.0 cm³/mol. The normalized spacial score (nSPS) is 12.9. The number of amides is 1. The van der Waals surface area contributed by atoms with Gasteiger partial charge in [-0.1, -0.05) is 17.7 Å². The van der Waals surface area contributed by atoms with Crippen molar-refractivity contribution >= 4 is 29.9 Å². The first-order valence-electron chi connectivity index (χ1n) is 7.65. The first kappa shape index (κ1) is 18.6. The Balaban J connectivity index is 0.00000208. The van der Waals surface area contributed by atoms with Crippen molar-refractivity contribution in [2.75, 3.05) is 13.2 Å². The van der Waals surface area contributed by atoms with Gasteiger partial charge < -0.3 is 15.4 Å². The minimum absolute atomic E-state index is 0. The molecule has 6 nitrogen and oxygen atoms in total. The number of hydrogen-bond acceptors (Lipinski definition) is 4. The quantitative estimate of drug-likeness (QED) is 0.755. The second kappa shape index (κ2) is 8.37. The van der Waals surface area contributed by atoms with Crippen LogP contribution in [-0.2, 0) is 19.5 Å². The summed E-state index contributed by atoms with van der Waals surface area (Å²) in [5.74, 6) is 0.495. The number of fused-ring (bicyclic) bond motifs is 1. The highest BCUT2D eigenvalue weighted by atomic mass is 35.5. The summed E-state index contributed by atoms with van der Waals surface area (Å²) in [5, 5.41) is 13.9. The van der Waals surface area contributed by atoms with Gasteiger partial charge in [0.15, 0.2) is 5.69 Å². The molecule has 2 heterocycles. The fourth-order valence-electron chi connectivity index (χ4n) is 2.64. The second-order valence-electron chi connectivity index (χ2n) is 5.32. The van der Waals surface area contributed by atoms with E-state index in [2.05, 4.69) is 20.8 Å². The van der Waals surface area contributed by atoms with Crippen LogP contribution in [0.1, 0.15) is 34.2 Å². The molecule has 130 valence electrons. The van der Waals surface area contributed by atoms with E-state index in [1.807, 2.05) is 13.0 Å². The standard InChI is InChI=1S/C16H19ClN4O2.ClH/c1-2-23-14-7-11(17)4-3-10(14)8-19-16(22)15-12-9-18-6-5-13(12)20-21-15;/h3-4,7,18H,2,5-6,8-9H2,1H3,(H,19,22)(H,20,21);1H. The van der Waals surface area contributed by atoms with Gasteiger partial charge in [-0.25, -0.2) is 0 Å². The first-order valence-corrected chi connectivity index (χ1v) is 8.03. The van der Waals surface area contributed by atoms with Crippen molar-refractivity contribution in [3.05, 3.63) is 45.7 Å². The molecule has 0 saturated heterocycles. The number of nitrogens with one attached hydrogen (secondary N) is 3. The number of halogens is 2. The molecule has 0 aliphatic carbocycles. The van der Waals surface area contributed by atoms with E-state index in [0.29, 0.717) is 36.2 Å². The summed E-state index contributed by atoms with van der Waals surface area (Å²) in [4.78, 5) is 12.4. The third kappa shape index (κ3) is 4.01. The van der Waals surface area contributed by atoms with E-state index in [0.717, 1.165) is 29.8 Å². The topological polar surface area (TPSA) is 79.0 Å². The Morgan fingerprint density at radius 3 is 3.08 bits per heavy atom. The van der Waals surface area contributed by atoms with Gasteiger partial charge in [-0.15, -0.1) is 12.4 Å². The minimum atomic E-state index is -0.191. The summed E-state index contributed by atoms with van der Waals surface area (Å²) in [5.41, 5.74) is 3.33. The van der Waals surface area contributed by atoms with E-state index in [1.165, 1.54) is 0 Å². The smallest absolute Gasteiger partial charge is 0.272 e. The molecular formula is C16H20Cl2N4O2. The van der Waals surface area contributed by atoms with Crippen molar-refractivity contribution in [1.82, 2.24) is 20.8 Å². The highest BCUT2D eigenvalue weighted by molar-refractivity contribution is 6.30. The van der Waals surface area contributed by atoms with Gasteiger partial charge in [0.2, 0.25) is 0 Å². The Bertz CT molecular complexity index is 718. The van der Waals surface area contributed by atoms with Crippen LogP contribution >= 0.6 is 24.0 Å². The molecule has 0 radical (unpaired) electrons. The number of aromatic amines is 1. The number of H-pyrrole nitrogens is 1. The van der Waals surface area contributed by atoms with Crippen LogP contribution in [0, 0.1) is 0 Å².